The van der Waals surface area contributed by atoms with E-state index in [1.165, 1.54) is 26.1 Å². The minimum absolute atomic E-state index is 0.585. The molecule has 0 spiro atoms. The van der Waals surface area contributed by atoms with Crippen LogP contribution in [-0.4, -0.2) is 46.9 Å². The van der Waals surface area contributed by atoms with Gasteiger partial charge in [-0.05, 0) is 45.0 Å². The predicted molar refractivity (Wildman–Crippen MR) is 69.9 cm³/mol. The van der Waals surface area contributed by atoms with Gasteiger partial charge in [-0.25, -0.2) is 0 Å². The maximum absolute atomic E-state index is 4.27. The minimum Gasteiger partial charge on any atom is -0.317 e. The summed E-state index contributed by atoms with van der Waals surface area (Å²) in [5.41, 5.74) is 0. The third kappa shape index (κ3) is 3.54. The Kier molecular flexibility index (Phi) is 4.57. The summed E-state index contributed by atoms with van der Waals surface area (Å²) < 4.78 is 2.03. The van der Waals surface area contributed by atoms with Crippen LogP contribution in [0.25, 0.3) is 0 Å². The Morgan fingerprint density at radius 3 is 3.12 bits per heavy atom. The quantitative estimate of drug-likeness (QED) is 0.806. The van der Waals surface area contributed by atoms with Gasteiger partial charge >= 0.3 is 0 Å². The average Bonchev–Trinajstić information content (AvgIpc) is 2.96. The first-order valence-corrected chi connectivity index (χ1v) is 6.71. The zero-order chi connectivity index (χ0) is 12.1. The molecule has 1 aromatic heterocycles. The van der Waals surface area contributed by atoms with Crippen LogP contribution in [0.15, 0.2) is 18.5 Å². The van der Waals surface area contributed by atoms with E-state index in [9.17, 15) is 0 Å². The SMILES string of the molecule is CCNCC1CCN(C(C)Cn2cccn2)C1. The second-order valence-electron chi connectivity index (χ2n) is 5.03. The fourth-order valence-electron chi connectivity index (χ4n) is 2.57. The second kappa shape index (κ2) is 6.17. The van der Waals surface area contributed by atoms with Crippen molar-refractivity contribution in [2.75, 3.05) is 26.2 Å². The van der Waals surface area contributed by atoms with Crippen LogP contribution in [-0.2, 0) is 6.54 Å². The number of hydrogen-bond donors (Lipinski definition) is 1. The Labute approximate surface area is 104 Å². The first-order valence-electron chi connectivity index (χ1n) is 6.71. The summed E-state index contributed by atoms with van der Waals surface area (Å²) in [5, 5.41) is 7.72. The summed E-state index contributed by atoms with van der Waals surface area (Å²) in [6.45, 7) is 10.2. The molecule has 1 N–H and O–H groups in total. The Morgan fingerprint density at radius 1 is 1.53 bits per heavy atom. The van der Waals surface area contributed by atoms with Gasteiger partial charge in [0.05, 0.1) is 6.54 Å². The maximum atomic E-state index is 4.27. The lowest BCUT2D eigenvalue weighted by molar-refractivity contribution is 0.221. The van der Waals surface area contributed by atoms with Gasteiger partial charge in [-0.2, -0.15) is 5.10 Å². The molecule has 2 rings (SSSR count). The summed E-state index contributed by atoms with van der Waals surface area (Å²) in [4.78, 5) is 2.59. The van der Waals surface area contributed by atoms with Gasteiger partial charge in [0, 0.05) is 25.0 Å². The topological polar surface area (TPSA) is 33.1 Å². The van der Waals surface area contributed by atoms with E-state index in [1.807, 2.05) is 23.1 Å². The third-order valence-corrected chi connectivity index (χ3v) is 3.63. The predicted octanol–water partition coefficient (Wildman–Crippen LogP) is 1.20. The van der Waals surface area contributed by atoms with Crippen molar-refractivity contribution in [3.8, 4) is 0 Å². The fourth-order valence-corrected chi connectivity index (χ4v) is 2.57. The van der Waals surface area contributed by atoms with E-state index in [4.69, 9.17) is 0 Å². The van der Waals surface area contributed by atoms with Crippen molar-refractivity contribution in [2.45, 2.75) is 32.9 Å². The van der Waals surface area contributed by atoms with Crippen LogP contribution in [0.1, 0.15) is 20.3 Å². The van der Waals surface area contributed by atoms with E-state index in [1.54, 1.807) is 0 Å². The molecule has 0 bridgehead atoms. The number of nitrogens with one attached hydrogen (secondary N) is 1. The van der Waals surface area contributed by atoms with Crippen molar-refractivity contribution in [1.29, 1.82) is 0 Å². The van der Waals surface area contributed by atoms with E-state index in [-0.39, 0.29) is 0 Å². The summed E-state index contributed by atoms with van der Waals surface area (Å²) >= 11 is 0. The Hall–Kier alpha value is -0.870. The molecule has 2 atom stereocenters. The summed E-state index contributed by atoms with van der Waals surface area (Å²) in [7, 11) is 0. The Bertz CT molecular complexity index is 309. The highest BCUT2D eigenvalue weighted by atomic mass is 15.3. The zero-order valence-electron chi connectivity index (χ0n) is 11.0. The minimum atomic E-state index is 0.585. The molecular formula is C13H24N4. The summed E-state index contributed by atoms with van der Waals surface area (Å²) in [6, 6.07) is 2.58. The average molecular weight is 236 g/mol. The highest BCUT2D eigenvalue weighted by Gasteiger charge is 2.25. The molecule has 17 heavy (non-hydrogen) atoms. The van der Waals surface area contributed by atoms with Crippen LogP contribution in [0.3, 0.4) is 0 Å². The standard InChI is InChI=1S/C13H24N4/c1-3-14-9-13-5-8-16(11-13)12(2)10-17-7-4-6-15-17/h4,6-7,12-14H,3,5,8-11H2,1-2H3. The maximum Gasteiger partial charge on any atom is 0.0562 e. The zero-order valence-corrected chi connectivity index (χ0v) is 11.0. The smallest absolute Gasteiger partial charge is 0.0562 e. The van der Waals surface area contributed by atoms with Crippen molar-refractivity contribution in [1.82, 2.24) is 20.0 Å². The lowest BCUT2D eigenvalue weighted by atomic mass is 10.1. The molecule has 0 saturated carbocycles. The van der Waals surface area contributed by atoms with E-state index in [0.717, 1.165) is 19.0 Å². The normalized spacial score (nSPS) is 23.1. The highest BCUT2D eigenvalue weighted by molar-refractivity contribution is 4.83. The van der Waals surface area contributed by atoms with Crippen molar-refractivity contribution in [2.24, 2.45) is 5.92 Å². The summed E-state index contributed by atoms with van der Waals surface area (Å²) in [6.07, 6.45) is 5.23. The van der Waals surface area contributed by atoms with Gasteiger partial charge < -0.3 is 5.32 Å². The van der Waals surface area contributed by atoms with Crippen LogP contribution in [0, 0.1) is 5.92 Å². The number of rotatable bonds is 6. The molecule has 4 heteroatoms. The molecule has 0 aromatic carbocycles. The number of hydrogen-bond acceptors (Lipinski definition) is 3. The largest absolute Gasteiger partial charge is 0.317 e. The molecule has 0 radical (unpaired) electrons. The lowest BCUT2D eigenvalue weighted by Gasteiger charge is -2.24. The van der Waals surface area contributed by atoms with Crippen LogP contribution in [0.2, 0.25) is 0 Å². The van der Waals surface area contributed by atoms with Crippen molar-refractivity contribution < 1.29 is 0 Å². The Balaban J connectivity index is 1.75. The molecule has 2 unspecified atom stereocenters. The molecule has 4 nitrogen and oxygen atoms in total. The molecule has 0 amide bonds. The molecule has 1 saturated heterocycles. The van der Waals surface area contributed by atoms with Crippen LogP contribution in [0.4, 0.5) is 0 Å². The number of nitrogens with zero attached hydrogens (tertiary/aromatic N) is 3. The van der Waals surface area contributed by atoms with Gasteiger partial charge in [-0.15, -0.1) is 0 Å². The van der Waals surface area contributed by atoms with Gasteiger partial charge in [0.15, 0.2) is 0 Å². The van der Waals surface area contributed by atoms with Crippen molar-refractivity contribution in [3.63, 3.8) is 0 Å². The third-order valence-electron chi connectivity index (χ3n) is 3.63. The molecule has 0 aliphatic carbocycles. The van der Waals surface area contributed by atoms with Crippen LogP contribution >= 0.6 is 0 Å². The summed E-state index contributed by atoms with van der Waals surface area (Å²) in [5.74, 6) is 0.829. The van der Waals surface area contributed by atoms with Gasteiger partial charge in [-0.1, -0.05) is 6.92 Å². The fraction of sp³-hybridized carbons (Fsp3) is 0.769. The lowest BCUT2D eigenvalue weighted by Crippen LogP contribution is -2.35. The molecule has 1 aliphatic heterocycles. The molecular weight excluding hydrogens is 212 g/mol. The number of aromatic nitrogens is 2. The van der Waals surface area contributed by atoms with E-state index in [2.05, 4.69) is 29.2 Å². The first-order chi connectivity index (χ1) is 8.29. The number of likely N-dealkylation sites (tertiary alicyclic amines) is 1. The van der Waals surface area contributed by atoms with Crippen molar-refractivity contribution in [3.05, 3.63) is 18.5 Å². The van der Waals surface area contributed by atoms with E-state index < -0.39 is 0 Å². The molecule has 1 aromatic rings. The second-order valence-corrected chi connectivity index (χ2v) is 5.03. The highest BCUT2D eigenvalue weighted by Crippen LogP contribution is 2.18. The molecule has 2 heterocycles. The molecule has 96 valence electrons. The van der Waals surface area contributed by atoms with Crippen molar-refractivity contribution >= 4 is 0 Å². The van der Waals surface area contributed by atoms with Gasteiger partial charge in [0.1, 0.15) is 0 Å². The monoisotopic (exact) mass is 236 g/mol. The van der Waals surface area contributed by atoms with Crippen LogP contribution in [0.5, 0.6) is 0 Å². The van der Waals surface area contributed by atoms with E-state index >= 15 is 0 Å². The van der Waals surface area contributed by atoms with Gasteiger partial charge in [-0.3, -0.25) is 9.58 Å². The van der Waals surface area contributed by atoms with Gasteiger partial charge in [0.2, 0.25) is 0 Å². The van der Waals surface area contributed by atoms with Crippen LogP contribution < -0.4 is 5.32 Å². The van der Waals surface area contributed by atoms with E-state index in [0.29, 0.717) is 6.04 Å². The molecule has 1 aliphatic rings. The molecule has 1 fully saturated rings. The Morgan fingerprint density at radius 2 is 2.41 bits per heavy atom. The van der Waals surface area contributed by atoms with Gasteiger partial charge in [0.25, 0.3) is 0 Å². The first kappa shape index (κ1) is 12.6.